The smallest absolute Gasteiger partial charge is 0.508 e. The van der Waals surface area contributed by atoms with Crippen molar-refractivity contribution in [3.8, 4) is 11.5 Å². The molecule has 0 saturated carbocycles. The molecule has 2 aromatic carbocycles. The van der Waals surface area contributed by atoms with E-state index in [0.717, 1.165) is 50.3 Å². The molecule has 3 rings (SSSR count). The molecule has 0 aromatic heterocycles. The first-order chi connectivity index (χ1) is 13.3. The van der Waals surface area contributed by atoms with Crippen LogP contribution in [0.1, 0.15) is 19.3 Å². The third kappa shape index (κ3) is 5.71. The number of ether oxygens (including phenoxy) is 1. The van der Waals surface area contributed by atoms with E-state index in [-0.39, 0.29) is 11.5 Å². The molecule has 7 heteroatoms. The van der Waals surface area contributed by atoms with Crippen molar-refractivity contribution >= 4 is 11.4 Å². The van der Waals surface area contributed by atoms with E-state index >= 15 is 0 Å². The minimum Gasteiger partial charge on any atom is -0.508 e. The summed E-state index contributed by atoms with van der Waals surface area (Å²) in [6, 6.07) is 13.3. The van der Waals surface area contributed by atoms with Crippen LogP contribution in [0.3, 0.4) is 0 Å². The molecular weight excluding hydrogens is 369 g/mol. The fourth-order valence-electron chi connectivity index (χ4n) is 3.55. The molecule has 0 spiro atoms. The predicted molar refractivity (Wildman–Crippen MR) is 104 cm³/mol. The van der Waals surface area contributed by atoms with E-state index in [1.54, 1.807) is 24.3 Å². The molecule has 0 unspecified atom stereocenters. The van der Waals surface area contributed by atoms with Gasteiger partial charge in [0.2, 0.25) is 0 Å². The number of hydrogen-bond acceptors (Lipinski definition) is 4. The number of rotatable bonds is 6. The molecule has 1 aliphatic heterocycles. The average Bonchev–Trinajstić information content (AvgIpc) is 2.66. The Hall–Kier alpha value is -2.57. The molecule has 0 atom stereocenters. The number of piperidine rings is 1. The number of nitrogens with zero attached hydrogens (tertiary/aromatic N) is 2. The molecule has 0 aliphatic carbocycles. The standard InChI is InChI=1S/C21H25F3N2O2/c1-25(17-4-8-20(9-5-17)28-21(22,23)24)13-10-16-11-14-26(15-12-16)18-2-6-19(27)7-3-18/h2-9,16,27H,10-15H2,1H3. The van der Waals surface area contributed by atoms with Gasteiger partial charge in [-0.2, -0.15) is 0 Å². The van der Waals surface area contributed by atoms with Crippen LogP contribution in [0.25, 0.3) is 0 Å². The van der Waals surface area contributed by atoms with Gasteiger partial charge in [-0.1, -0.05) is 0 Å². The van der Waals surface area contributed by atoms with E-state index in [9.17, 15) is 18.3 Å². The van der Waals surface area contributed by atoms with Crippen LogP contribution in [0.4, 0.5) is 24.5 Å². The number of hydrogen-bond donors (Lipinski definition) is 1. The molecule has 4 nitrogen and oxygen atoms in total. The summed E-state index contributed by atoms with van der Waals surface area (Å²) in [6.45, 7) is 2.83. The van der Waals surface area contributed by atoms with Crippen molar-refractivity contribution in [3.05, 3.63) is 48.5 Å². The maximum atomic E-state index is 12.2. The highest BCUT2D eigenvalue weighted by Gasteiger charge is 2.31. The number of benzene rings is 2. The Morgan fingerprint density at radius 1 is 1.04 bits per heavy atom. The van der Waals surface area contributed by atoms with Gasteiger partial charge < -0.3 is 19.6 Å². The van der Waals surface area contributed by atoms with Gasteiger partial charge in [-0.15, -0.1) is 13.2 Å². The van der Waals surface area contributed by atoms with Gasteiger partial charge in [-0.3, -0.25) is 0 Å². The summed E-state index contributed by atoms with van der Waals surface area (Å²) >= 11 is 0. The fourth-order valence-corrected chi connectivity index (χ4v) is 3.55. The lowest BCUT2D eigenvalue weighted by Gasteiger charge is -2.34. The van der Waals surface area contributed by atoms with Crippen LogP contribution in [0, 0.1) is 5.92 Å². The summed E-state index contributed by atoms with van der Waals surface area (Å²) in [5, 5.41) is 9.40. The molecule has 1 fully saturated rings. The molecule has 1 aliphatic rings. The first-order valence-corrected chi connectivity index (χ1v) is 9.41. The Bertz CT molecular complexity index is 740. The monoisotopic (exact) mass is 394 g/mol. The number of halogens is 3. The number of alkyl halides is 3. The van der Waals surface area contributed by atoms with Crippen LogP contribution >= 0.6 is 0 Å². The molecule has 28 heavy (non-hydrogen) atoms. The molecule has 0 radical (unpaired) electrons. The summed E-state index contributed by atoms with van der Waals surface area (Å²) < 4.78 is 40.6. The Morgan fingerprint density at radius 2 is 1.64 bits per heavy atom. The van der Waals surface area contributed by atoms with Gasteiger partial charge in [0.05, 0.1) is 0 Å². The van der Waals surface area contributed by atoms with Crippen LogP contribution in [0.15, 0.2) is 48.5 Å². The zero-order chi connectivity index (χ0) is 20.1. The minimum absolute atomic E-state index is 0.203. The summed E-state index contributed by atoms with van der Waals surface area (Å²) in [4.78, 5) is 4.39. The van der Waals surface area contributed by atoms with Crippen molar-refractivity contribution in [3.63, 3.8) is 0 Å². The molecule has 0 bridgehead atoms. The van der Waals surface area contributed by atoms with Crippen LogP contribution in [-0.4, -0.2) is 38.2 Å². The zero-order valence-electron chi connectivity index (χ0n) is 15.8. The lowest BCUT2D eigenvalue weighted by molar-refractivity contribution is -0.274. The molecular formula is C21H25F3N2O2. The number of anilines is 2. The van der Waals surface area contributed by atoms with Crippen molar-refractivity contribution in [2.45, 2.75) is 25.6 Å². The summed E-state index contributed by atoms with van der Waals surface area (Å²) in [5.74, 6) is 0.703. The van der Waals surface area contributed by atoms with Crippen LogP contribution in [0.2, 0.25) is 0 Å². The third-order valence-corrected chi connectivity index (χ3v) is 5.21. The first-order valence-electron chi connectivity index (χ1n) is 9.41. The summed E-state index contributed by atoms with van der Waals surface area (Å²) in [6.07, 6.45) is -1.41. The highest BCUT2D eigenvalue weighted by atomic mass is 19.4. The molecule has 1 heterocycles. The second-order valence-corrected chi connectivity index (χ2v) is 7.20. The highest BCUT2D eigenvalue weighted by Crippen LogP contribution is 2.28. The Balaban J connectivity index is 1.44. The van der Waals surface area contributed by atoms with Gasteiger partial charge in [-0.25, -0.2) is 0 Å². The number of aromatic hydroxyl groups is 1. The lowest BCUT2D eigenvalue weighted by atomic mass is 9.93. The van der Waals surface area contributed by atoms with Crippen molar-refractivity contribution in [2.24, 2.45) is 5.92 Å². The van der Waals surface area contributed by atoms with Gasteiger partial charge in [0, 0.05) is 38.1 Å². The molecule has 1 N–H and O–H groups in total. The molecule has 2 aromatic rings. The van der Waals surface area contributed by atoms with Gasteiger partial charge >= 0.3 is 6.36 Å². The second-order valence-electron chi connectivity index (χ2n) is 7.20. The first kappa shape index (κ1) is 20.2. The fraction of sp³-hybridized carbons (Fsp3) is 0.429. The number of phenolic OH excluding ortho intramolecular Hbond substituents is 1. The van der Waals surface area contributed by atoms with Crippen molar-refractivity contribution in [1.29, 1.82) is 0 Å². The van der Waals surface area contributed by atoms with E-state index in [1.807, 2.05) is 19.2 Å². The van der Waals surface area contributed by atoms with E-state index in [1.165, 1.54) is 12.1 Å². The molecule has 1 saturated heterocycles. The van der Waals surface area contributed by atoms with Crippen LogP contribution in [-0.2, 0) is 0 Å². The maximum Gasteiger partial charge on any atom is 0.573 e. The van der Waals surface area contributed by atoms with Gasteiger partial charge in [-0.05, 0) is 73.7 Å². The average molecular weight is 394 g/mol. The minimum atomic E-state index is -4.66. The van der Waals surface area contributed by atoms with Crippen molar-refractivity contribution in [2.75, 3.05) is 36.5 Å². The maximum absolute atomic E-state index is 12.2. The zero-order valence-corrected chi connectivity index (χ0v) is 15.8. The van der Waals surface area contributed by atoms with E-state index in [4.69, 9.17) is 0 Å². The van der Waals surface area contributed by atoms with Crippen molar-refractivity contribution in [1.82, 2.24) is 0 Å². The predicted octanol–water partition coefficient (Wildman–Crippen LogP) is 5.03. The van der Waals surface area contributed by atoms with Gasteiger partial charge in [0.25, 0.3) is 0 Å². The second kappa shape index (κ2) is 8.63. The largest absolute Gasteiger partial charge is 0.573 e. The third-order valence-electron chi connectivity index (χ3n) is 5.21. The van der Waals surface area contributed by atoms with E-state index in [2.05, 4.69) is 14.5 Å². The van der Waals surface area contributed by atoms with Crippen LogP contribution < -0.4 is 14.5 Å². The van der Waals surface area contributed by atoms with Gasteiger partial charge in [0.1, 0.15) is 11.5 Å². The van der Waals surface area contributed by atoms with Crippen LogP contribution in [0.5, 0.6) is 11.5 Å². The quantitative estimate of drug-likeness (QED) is 0.745. The normalized spacial score (nSPS) is 15.5. The Labute approximate surface area is 163 Å². The molecule has 0 amide bonds. The Morgan fingerprint density at radius 3 is 2.21 bits per heavy atom. The summed E-state index contributed by atoms with van der Waals surface area (Å²) in [5.41, 5.74) is 2.01. The SMILES string of the molecule is CN(CCC1CCN(c2ccc(O)cc2)CC1)c1ccc(OC(F)(F)F)cc1. The number of phenols is 1. The topological polar surface area (TPSA) is 35.9 Å². The highest BCUT2D eigenvalue weighted by molar-refractivity contribution is 5.49. The van der Waals surface area contributed by atoms with Gasteiger partial charge in [0.15, 0.2) is 0 Å². The summed E-state index contributed by atoms with van der Waals surface area (Å²) in [7, 11) is 1.95. The lowest BCUT2D eigenvalue weighted by Crippen LogP contribution is -2.34. The Kier molecular flexibility index (Phi) is 6.21. The van der Waals surface area contributed by atoms with E-state index < -0.39 is 6.36 Å². The van der Waals surface area contributed by atoms with Crippen molar-refractivity contribution < 1.29 is 23.0 Å². The van der Waals surface area contributed by atoms with E-state index in [0.29, 0.717) is 5.92 Å². The molecule has 152 valence electrons.